The largest absolute Gasteiger partial charge is 0.298 e. The van der Waals surface area contributed by atoms with Crippen LogP contribution in [0.1, 0.15) is 20.3 Å². The summed E-state index contributed by atoms with van der Waals surface area (Å²) in [6.07, 6.45) is 2.44. The zero-order valence-corrected chi connectivity index (χ0v) is 9.64. The van der Waals surface area contributed by atoms with Gasteiger partial charge in [0.25, 0.3) is 5.56 Å². The lowest BCUT2D eigenvalue weighted by Gasteiger charge is -2.10. The van der Waals surface area contributed by atoms with E-state index in [9.17, 15) is 4.79 Å². The quantitative estimate of drug-likeness (QED) is 0.754. The van der Waals surface area contributed by atoms with Crippen LogP contribution in [0.5, 0.6) is 0 Å². The molecule has 0 aliphatic rings. The van der Waals surface area contributed by atoms with Gasteiger partial charge < -0.3 is 0 Å². The van der Waals surface area contributed by atoms with Crippen molar-refractivity contribution in [3.63, 3.8) is 0 Å². The molecule has 3 nitrogen and oxygen atoms in total. The van der Waals surface area contributed by atoms with Crippen molar-refractivity contribution in [1.29, 1.82) is 0 Å². The molecule has 0 spiro atoms. The lowest BCUT2D eigenvalue weighted by atomic mass is 10.1. The molecule has 0 aliphatic heterocycles. The Hall–Kier alpha value is -0.540. The number of halogens is 2. The minimum atomic E-state index is -0.271. The highest BCUT2D eigenvalue weighted by Crippen LogP contribution is 2.13. The highest BCUT2D eigenvalue weighted by molar-refractivity contribution is 6.40. The second-order valence-electron chi connectivity index (χ2n) is 3.32. The number of nitrogens with zero attached hydrogens (tertiary/aromatic N) is 2. The first kappa shape index (κ1) is 11.5. The van der Waals surface area contributed by atoms with Gasteiger partial charge in [-0.2, -0.15) is 0 Å². The van der Waals surface area contributed by atoms with E-state index in [0.717, 1.165) is 6.42 Å². The Kier molecular flexibility index (Phi) is 3.96. The van der Waals surface area contributed by atoms with E-state index < -0.39 is 0 Å². The molecule has 0 bridgehead atoms. The molecular weight excluding hydrogens is 223 g/mol. The Labute approximate surface area is 92.7 Å². The van der Waals surface area contributed by atoms with Gasteiger partial charge in [0.15, 0.2) is 5.15 Å². The van der Waals surface area contributed by atoms with Gasteiger partial charge in [-0.1, -0.05) is 43.5 Å². The third kappa shape index (κ3) is 2.49. The Morgan fingerprint density at radius 1 is 1.57 bits per heavy atom. The van der Waals surface area contributed by atoms with Gasteiger partial charge in [-0.05, 0) is 5.92 Å². The zero-order chi connectivity index (χ0) is 10.7. The van der Waals surface area contributed by atoms with E-state index in [4.69, 9.17) is 23.2 Å². The predicted octanol–water partition coefficient (Wildman–Crippen LogP) is 2.60. The fourth-order valence-corrected chi connectivity index (χ4v) is 1.32. The number of hydrogen-bond acceptors (Lipinski definition) is 2. The van der Waals surface area contributed by atoms with Gasteiger partial charge in [0.1, 0.15) is 5.02 Å². The van der Waals surface area contributed by atoms with E-state index in [0.29, 0.717) is 12.5 Å². The Morgan fingerprint density at radius 3 is 2.79 bits per heavy atom. The minimum absolute atomic E-state index is 0.00234. The molecular formula is C9H12Cl2N2O. The number of rotatable bonds is 3. The summed E-state index contributed by atoms with van der Waals surface area (Å²) in [5.41, 5.74) is -0.271. The minimum Gasteiger partial charge on any atom is -0.298 e. The molecule has 78 valence electrons. The maximum absolute atomic E-state index is 11.5. The monoisotopic (exact) mass is 234 g/mol. The lowest BCUT2D eigenvalue weighted by molar-refractivity contribution is 0.456. The van der Waals surface area contributed by atoms with Crippen LogP contribution in [0, 0.1) is 5.92 Å². The van der Waals surface area contributed by atoms with Crippen molar-refractivity contribution in [3.8, 4) is 0 Å². The second-order valence-corrected chi connectivity index (χ2v) is 4.06. The SMILES string of the molecule is CCC(C)Cn1cnc(Cl)c(Cl)c1=O. The van der Waals surface area contributed by atoms with Gasteiger partial charge in [-0.25, -0.2) is 4.98 Å². The van der Waals surface area contributed by atoms with Crippen LogP contribution < -0.4 is 5.56 Å². The van der Waals surface area contributed by atoms with Gasteiger partial charge in [-0.3, -0.25) is 9.36 Å². The Morgan fingerprint density at radius 2 is 2.21 bits per heavy atom. The van der Waals surface area contributed by atoms with Crippen molar-refractivity contribution in [1.82, 2.24) is 9.55 Å². The van der Waals surface area contributed by atoms with Crippen molar-refractivity contribution in [2.45, 2.75) is 26.8 Å². The zero-order valence-electron chi connectivity index (χ0n) is 8.13. The van der Waals surface area contributed by atoms with Gasteiger partial charge in [0, 0.05) is 6.54 Å². The average molecular weight is 235 g/mol. The molecule has 14 heavy (non-hydrogen) atoms. The molecule has 1 aromatic rings. The molecule has 0 saturated carbocycles. The molecule has 1 rings (SSSR count). The summed E-state index contributed by atoms with van der Waals surface area (Å²) in [6, 6.07) is 0. The average Bonchev–Trinajstić information content (AvgIpc) is 2.19. The van der Waals surface area contributed by atoms with Crippen molar-refractivity contribution in [2.24, 2.45) is 5.92 Å². The first-order valence-corrected chi connectivity index (χ1v) is 5.22. The second kappa shape index (κ2) is 4.80. The topological polar surface area (TPSA) is 34.9 Å². The summed E-state index contributed by atoms with van der Waals surface area (Å²) in [4.78, 5) is 15.4. The summed E-state index contributed by atoms with van der Waals surface area (Å²) in [5, 5.41) is 0.0644. The van der Waals surface area contributed by atoms with Gasteiger partial charge in [0.05, 0.1) is 6.33 Å². The summed E-state index contributed by atoms with van der Waals surface area (Å²) < 4.78 is 1.49. The molecule has 1 aromatic heterocycles. The van der Waals surface area contributed by atoms with Gasteiger partial charge >= 0.3 is 0 Å². The van der Waals surface area contributed by atoms with Crippen LogP contribution in [0.2, 0.25) is 10.2 Å². The van der Waals surface area contributed by atoms with Crippen LogP contribution in [0.15, 0.2) is 11.1 Å². The third-order valence-corrected chi connectivity index (χ3v) is 2.87. The van der Waals surface area contributed by atoms with Gasteiger partial charge in [0.2, 0.25) is 0 Å². The van der Waals surface area contributed by atoms with E-state index in [2.05, 4.69) is 18.8 Å². The Balaban J connectivity index is 3.00. The molecule has 1 heterocycles. The third-order valence-electron chi connectivity index (χ3n) is 2.15. The molecule has 5 heteroatoms. The predicted molar refractivity (Wildman–Crippen MR) is 58.0 cm³/mol. The van der Waals surface area contributed by atoms with E-state index in [1.807, 2.05) is 0 Å². The number of hydrogen-bond donors (Lipinski definition) is 0. The van der Waals surface area contributed by atoms with E-state index in [1.54, 1.807) is 0 Å². The van der Waals surface area contributed by atoms with Crippen LogP contribution >= 0.6 is 23.2 Å². The summed E-state index contributed by atoms with van der Waals surface area (Å²) in [5.74, 6) is 0.423. The molecule has 0 saturated heterocycles. The molecule has 1 unspecified atom stereocenters. The maximum atomic E-state index is 11.5. The Bertz CT molecular complexity index is 376. The van der Waals surface area contributed by atoms with Gasteiger partial charge in [-0.15, -0.1) is 0 Å². The molecule has 0 N–H and O–H groups in total. The van der Waals surface area contributed by atoms with Crippen LogP contribution in [0.25, 0.3) is 0 Å². The van der Waals surface area contributed by atoms with Crippen LogP contribution in [-0.2, 0) is 6.54 Å². The first-order chi connectivity index (χ1) is 6.56. The summed E-state index contributed by atoms with van der Waals surface area (Å²) in [6.45, 7) is 4.76. The van der Waals surface area contributed by atoms with Crippen molar-refractivity contribution >= 4 is 23.2 Å². The molecule has 0 amide bonds. The standard InChI is InChI=1S/C9H12Cl2N2O/c1-3-6(2)4-13-5-12-8(11)7(10)9(13)14/h5-6H,3-4H2,1-2H3. The smallest absolute Gasteiger partial charge is 0.273 e. The van der Waals surface area contributed by atoms with E-state index in [1.165, 1.54) is 10.9 Å². The summed E-state index contributed by atoms with van der Waals surface area (Å²) >= 11 is 11.3. The van der Waals surface area contributed by atoms with Crippen molar-refractivity contribution in [3.05, 3.63) is 26.9 Å². The molecule has 0 fully saturated rings. The maximum Gasteiger partial charge on any atom is 0.273 e. The highest BCUT2D eigenvalue weighted by Gasteiger charge is 2.08. The van der Waals surface area contributed by atoms with E-state index >= 15 is 0 Å². The normalized spacial score (nSPS) is 12.9. The van der Waals surface area contributed by atoms with Crippen LogP contribution in [0.3, 0.4) is 0 Å². The molecule has 0 aromatic carbocycles. The number of aromatic nitrogens is 2. The summed E-state index contributed by atoms with van der Waals surface area (Å²) in [7, 11) is 0. The fraction of sp³-hybridized carbons (Fsp3) is 0.556. The van der Waals surface area contributed by atoms with Crippen LogP contribution in [-0.4, -0.2) is 9.55 Å². The van der Waals surface area contributed by atoms with Crippen LogP contribution in [0.4, 0.5) is 0 Å². The molecule has 1 atom stereocenters. The van der Waals surface area contributed by atoms with E-state index in [-0.39, 0.29) is 15.7 Å². The molecule has 0 radical (unpaired) electrons. The lowest BCUT2D eigenvalue weighted by Crippen LogP contribution is -2.23. The fourth-order valence-electron chi connectivity index (χ4n) is 1.04. The van der Waals surface area contributed by atoms with Crippen molar-refractivity contribution < 1.29 is 0 Å². The first-order valence-electron chi connectivity index (χ1n) is 4.46. The molecule has 0 aliphatic carbocycles. The van der Waals surface area contributed by atoms with Crippen molar-refractivity contribution in [2.75, 3.05) is 0 Å². The highest BCUT2D eigenvalue weighted by atomic mass is 35.5.